The summed E-state index contributed by atoms with van der Waals surface area (Å²) in [5.41, 5.74) is 8.62. The van der Waals surface area contributed by atoms with Crippen LogP contribution >= 0.6 is 11.3 Å². The Bertz CT molecular complexity index is 1160. The third-order valence-electron chi connectivity index (χ3n) is 4.78. The molecule has 0 radical (unpaired) electrons. The first kappa shape index (κ1) is 19.0. The van der Waals surface area contributed by atoms with Gasteiger partial charge in [0.25, 0.3) is 0 Å². The van der Waals surface area contributed by atoms with Crippen LogP contribution in [0.25, 0.3) is 21.3 Å². The van der Waals surface area contributed by atoms with Crippen molar-refractivity contribution in [3.63, 3.8) is 0 Å². The van der Waals surface area contributed by atoms with Gasteiger partial charge in [-0.05, 0) is 31.5 Å². The number of fused-ring (bicyclic) bond motifs is 1. The molecule has 0 spiro atoms. The average Bonchev–Trinajstić information content (AvgIpc) is 3.08. The Morgan fingerprint density at radius 2 is 1.90 bits per heavy atom. The molecular weight excluding hydrogens is 382 g/mol. The van der Waals surface area contributed by atoms with E-state index in [1.807, 2.05) is 36.4 Å². The number of hydrogen-bond donors (Lipinski definition) is 2. The molecule has 6 nitrogen and oxygen atoms in total. The number of carbonyl (C=O) groups excluding carboxylic acids is 1. The molecule has 4 rings (SSSR count). The third kappa shape index (κ3) is 3.82. The van der Waals surface area contributed by atoms with Crippen molar-refractivity contribution in [2.75, 3.05) is 5.32 Å². The van der Waals surface area contributed by atoms with Crippen LogP contribution in [0, 0.1) is 6.92 Å². The van der Waals surface area contributed by atoms with Gasteiger partial charge in [-0.2, -0.15) is 0 Å². The van der Waals surface area contributed by atoms with Crippen LogP contribution in [0.5, 0.6) is 0 Å². The maximum atomic E-state index is 11.7. The zero-order chi connectivity index (χ0) is 20.4. The second kappa shape index (κ2) is 7.97. The SMILES string of the molecule is Cc1sc2nc(C(C)C(N)=O)nc(NCc3ccccn3)c2c1-c1ccccc1. The Morgan fingerprint density at radius 1 is 1.14 bits per heavy atom. The lowest BCUT2D eigenvalue weighted by Gasteiger charge is -2.12. The second-order valence-electron chi connectivity index (χ2n) is 6.81. The molecule has 0 fully saturated rings. The van der Waals surface area contributed by atoms with Gasteiger partial charge in [-0.1, -0.05) is 36.4 Å². The number of pyridine rings is 1. The molecule has 29 heavy (non-hydrogen) atoms. The summed E-state index contributed by atoms with van der Waals surface area (Å²) in [6.07, 6.45) is 1.76. The molecule has 7 heteroatoms. The molecule has 1 unspecified atom stereocenters. The zero-order valence-corrected chi connectivity index (χ0v) is 17.0. The summed E-state index contributed by atoms with van der Waals surface area (Å²) in [6, 6.07) is 16.0. The largest absolute Gasteiger partial charge is 0.369 e. The molecule has 3 N–H and O–H groups in total. The number of nitrogens with two attached hydrogens (primary N) is 1. The first-order chi connectivity index (χ1) is 14.0. The van der Waals surface area contributed by atoms with Crippen molar-refractivity contribution >= 4 is 33.3 Å². The highest BCUT2D eigenvalue weighted by Crippen LogP contribution is 2.41. The van der Waals surface area contributed by atoms with Crippen molar-refractivity contribution in [2.24, 2.45) is 5.73 Å². The first-order valence-corrected chi connectivity index (χ1v) is 10.2. The Labute approximate surface area is 172 Å². The van der Waals surface area contributed by atoms with Gasteiger partial charge in [0.05, 0.1) is 23.5 Å². The van der Waals surface area contributed by atoms with Gasteiger partial charge in [0.2, 0.25) is 5.91 Å². The number of benzene rings is 1. The molecule has 3 heterocycles. The minimum absolute atomic E-state index is 0.425. The maximum Gasteiger partial charge on any atom is 0.227 e. The van der Waals surface area contributed by atoms with E-state index < -0.39 is 11.8 Å². The lowest BCUT2D eigenvalue weighted by Crippen LogP contribution is -2.21. The highest BCUT2D eigenvalue weighted by Gasteiger charge is 2.22. The number of thiophene rings is 1. The van der Waals surface area contributed by atoms with Crippen LogP contribution in [0.4, 0.5) is 5.82 Å². The monoisotopic (exact) mass is 403 g/mol. The van der Waals surface area contributed by atoms with Gasteiger partial charge >= 0.3 is 0 Å². The van der Waals surface area contributed by atoms with Gasteiger partial charge in [-0.3, -0.25) is 9.78 Å². The Kier molecular flexibility index (Phi) is 5.22. The number of nitrogens with zero attached hydrogens (tertiary/aromatic N) is 3. The van der Waals surface area contributed by atoms with Gasteiger partial charge in [-0.25, -0.2) is 9.97 Å². The van der Waals surface area contributed by atoms with E-state index in [1.165, 1.54) is 0 Å². The van der Waals surface area contributed by atoms with Crippen LogP contribution in [0.1, 0.15) is 29.2 Å². The summed E-state index contributed by atoms with van der Waals surface area (Å²) in [5, 5.41) is 4.36. The van der Waals surface area contributed by atoms with Crippen molar-refractivity contribution in [2.45, 2.75) is 26.3 Å². The fourth-order valence-electron chi connectivity index (χ4n) is 3.21. The van der Waals surface area contributed by atoms with Gasteiger partial charge in [0.1, 0.15) is 16.5 Å². The smallest absolute Gasteiger partial charge is 0.227 e. The number of anilines is 1. The van der Waals surface area contributed by atoms with Crippen molar-refractivity contribution < 1.29 is 4.79 Å². The number of carbonyl (C=O) groups is 1. The molecule has 0 saturated carbocycles. The number of amides is 1. The number of aryl methyl sites for hydroxylation is 1. The van der Waals surface area contributed by atoms with Crippen molar-refractivity contribution in [3.05, 3.63) is 71.1 Å². The summed E-state index contributed by atoms with van der Waals surface area (Å²) in [5.74, 6) is 0.0929. The predicted molar refractivity (Wildman–Crippen MR) is 117 cm³/mol. The van der Waals surface area contributed by atoms with E-state index in [0.29, 0.717) is 18.2 Å². The van der Waals surface area contributed by atoms with Crippen LogP contribution in [0.3, 0.4) is 0 Å². The van der Waals surface area contributed by atoms with Crippen molar-refractivity contribution in [3.8, 4) is 11.1 Å². The minimum atomic E-state index is -0.572. The maximum absolute atomic E-state index is 11.7. The van der Waals surface area contributed by atoms with Gasteiger partial charge in [0.15, 0.2) is 0 Å². The van der Waals surface area contributed by atoms with Crippen molar-refractivity contribution in [1.82, 2.24) is 15.0 Å². The van der Waals surface area contributed by atoms with Crippen LogP contribution in [-0.4, -0.2) is 20.9 Å². The lowest BCUT2D eigenvalue weighted by atomic mass is 10.0. The van der Waals surface area contributed by atoms with Gasteiger partial charge < -0.3 is 11.1 Å². The fraction of sp³-hybridized carbons (Fsp3) is 0.182. The normalized spacial score (nSPS) is 12.1. The molecule has 146 valence electrons. The molecule has 1 amide bonds. The van der Waals surface area contributed by atoms with E-state index in [0.717, 1.165) is 31.9 Å². The Hall–Kier alpha value is -3.32. The molecule has 4 aromatic rings. The van der Waals surface area contributed by atoms with E-state index in [1.54, 1.807) is 24.5 Å². The van der Waals surface area contributed by atoms with Gasteiger partial charge in [0, 0.05) is 16.6 Å². The molecule has 0 aliphatic carbocycles. The molecular formula is C22H21N5OS. The lowest BCUT2D eigenvalue weighted by molar-refractivity contribution is -0.119. The van der Waals surface area contributed by atoms with E-state index in [-0.39, 0.29) is 0 Å². The fourth-order valence-corrected chi connectivity index (χ4v) is 4.26. The van der Waals surface area contributed by atoms with E-state index >= 15 is 0 Å². The van der Waals surface area contributed by atoms with E-state index in [4.69, 9.17) is 10.7 Å². The molecule has 3 aromatic heterocycles. The Morgan fingerprint density at radius 3 is 2.59 bits per heavy atom. The number of primary amides is 1. The van der Waals surface area contributed by atoms with E-state index in [9.17, 15) is 4.79 Å². The number of aromatic nitrogens is 3. The predicted octanol–water partition coefficient (Wildman–Crippen LogP) is 4.26. The summed E-state index contributed by atoms with van der Waals surface area (Å²) >= 11 is 1.59. The summed E-state index contributed by atoms with van der Waals surface area (Å²) in [7, 11) is 0. The number of nitrogens with one attached hydrogen (secondary N) is 1. The third-order valence-corrected chi connectivity index (χ3v) is 5.78. The standard InChI is InChI=1S/C22H21N5OS/c1-13(19(23)28)20-26-21(25-12-16-10-6-7-11-24-16)18-17(14(2)29-22(18)27-20)15-8-4-3-5-9-15/h3-11,13H,12H2,1-2H3,(H2,23,28)(H,25,26,27). The molecule has 1 aromatic carbocycles. The quantitative estimate of drug-likeness (QED) is 0.502. The molecule has 0 bridgehead atoms. The van der Waals surface area contributed by atoms with Crippen LogP contribution in [0.2, 0.25) is 0 Å². The molecule has 0 aliphatic heterocycles. The molecule has 0 saturated heterocycles. The topological polar surface area (TPSA) is 93.8 Å². The highest BCUT2D eigenvalue weighted by molar-refractivity contribution is 7.19. The summed E-state index contributed by atoms with van der Waals surface area (Å²) in [4.78, 5) is 27.4. The van der Waals surface area contributed by atoms with Crippen LogP contribution in [-0.2, 0) is 11.3 Å². The van der Waals surface area contributed by atoms with Gasteiger partial charge in [-0.15, -0.1) is 11.3 Å². The summed E-state index contributed by atoms with van der Waals surface area (Å²) in [6.45, 7) is 4.32. The average molecular weight is 404 g/mol. The van der Waals surface area contributed by atoms with Crippen LogP contribution in [0.15, 0.2) is 54.7 Å². The molecule has 0 aliphatic rings. The van der Waals surface area contributed by atoms with Crippen molar-refractivity contribution in [1.29, 1.82) is 0 Å². The number of rotatable bonds is 6. The van der Waals surface area contributed by atoms with E-state index in [2.05, 4.69) is 34.3 Å². The highest BCUT2D eigenvalue weighted by atomic mass is 32.1. The first-order valence-electron chi connectivity index (χ1n) is 9.34. The minimum Gasteiger partial charge on any atom is -0.369 e. The summed E-state index contributed by atoms with van der Waals surface area (Å²) < 4.78 is 0. The number of hydrogen-bond acceptors (Lipinski definition) is 6. The Balaban J connectivity index is 1.87. The molecule has 1 atom stereocenters. The van der Waals surface area contributed by atoms with Crippen LogP contribution < -0.4 is 11.1 Å². The second-order valence-corrected chi connectivity index (χ2v) is 8.01. The zero-order valence-electron chi connectivity index (χ0n) is 16.2.